The molecule has 0 aliphatic carbocycles. The maximum absolute atomic E-state index is 2.65. The third-order valence-corrected chi connectivity index (χ3v) is 19.4. The molecule has 0 spiro atoms. The molecule has 15 aromatic rings. The van der Waals surface area contributed by atoms with Gasteiger partial charge in [0, 0.05) is 90.3 Å². The lowest BCUT2D eigenvalue weighted by molar-refractivity contribution is 1.16. The Morgan fingerprint density at radius 1 is 0.228 bits per heavy atom. The van der Waals surface area contributed by atoms with Gasteiger partial charge in [-0.2, -0.15) is 0 Å². The minimum absolute atomic E-state index is 0.165. The van der Waals surface area contributed by atoms with Gasteiger partial charge in [-0.25, -0.2) is 0 Å². The molecule has 428 valence electrons. The topological polar surface area (TPSA) is 21.1 Å². The zero-order chi connectivity index (χ0) is 60.4. The maximum atomic E-state index is 2.65. The van der Waals surface area contributed by atoms with E-state index in [9.17, 15) is 0 Å². The van der Waals surface area contributed by atoms with Crippen LogP contribution >= 0.6 is 0 Å². The van der Waals surface area contributed by atoms with Crippen LogP contribution < -0.4 is 57.3 Å². The maximum Gasteiger partial charge on any atom is 0.252 e. The number of hydrogen-bond donors (Lipinski definition) is 0. The van der Waals surface area contributed by atoms with Crippen LogP contribution in [0.5, 0.6) is 0 Å². The van der Waals surface area contributed by atoms with Gasteiger partial charge < -0.3 is 29.1 Å². The van der Waals surface area contributed by atoms with Gasteiger partial charge in [-0.15, -0.1) is 0 Å². The van der Waals surface area contributed by atoms with Crippen molar-refractivity contribution >= 4 is 153 Å². The van der Waals surface area contributed by atoms with Crippen molar-refractivity contribution in [1.29, 1.82) is 0 Å². The molecule has 4 aliphatic rings. The van der Waals surface area contributed by atoms with Crippen LogP contribution in [0.3, 0.4) is 0 Å². The van der Waals surface area contributed by atoms with E-state index in [0.29, 0.717) is 0 Å². The second-order valence-corrected chi connectivity index (χ2v) is 24.4. The van der Waals surface area contributed by atoms with Crippen LogP contribution in [-0.4, -0.2) is 18.0 Å². The van der Waals surface area contributed by atoms with E-state index in [1.165, 1.54) is 60.3 Å². The molecule has 0 atom stereocenters. The Kier molecular flexibility index (Phi) is 11.8. The molecular weight excluding hydrogens is 1110 g/mol. The molecule has 4 aliphatic heterocycles. The summed E-state index contributed by atoms with van der Waals surface area (Å²) in [6, 6.07) is 126. The van der Waals surface area contributed by atoms with Crippen LogP contribution in [0.25, 0.3) is 38.6 Å². The Morgan fingerprint density at radius 3 is 1.10 bits per heavy atom. The second kappa shape index (κ2) is 20.8. The molecule has 0 unspecified atom stereocenters. The van der Waals surface area contributed by atoms with E-state index in [1.54, 1.807) is 0 Å². The van der Waals surface area contributed by atoms with Crippen LogP contribution in [0.4, 0.5) is 85.3 Å². The Morgan fingerprint density at radius 2 is 0.598 bits per heavy atom. The highest BCUT2D eigenvalue weighted by Gasteiger charge is 2.49. The minimum atomic E-state index is -0.184. The molecule has 0 saturated heterocycles. The average molecular weight is 1170 g/mol. The summed E-state index contributed by atoms with van der Waals surface area (Å²) in [4.78, 5) is 12.7. The van der Waals surface area contributed by atoms with E-state index in [4.69, 9.17) is 0 Å². The van der Waals surface area contributed by atoms with Crippen molar-refractivity contribution in [2.45, 2.75) is 0 Å². The average Bonchev–Trinajstić information content (AvgIpc) is 0.741. The van der Waals surface area contributed by atoms with Gasteiger partial charge >= 0.3 is 0 Å². The highest BCUT2D eigenvalue weighted by atomic mass is 15.2. The lowest BCUT2D eigenvalue weighted by Gasteiger charge is -2.48. The highest BCUT2D eigenvalue weighted by Crippen LogP contribution is 2.53. The van der Waals surface area contributed by atoms with Gasteiger partial charge in [0.25, 0.3) is 13.4 Å². The first-order chi connectivity index (χ1) is 45.7. The van der Waals surface area contributed by atoms with E-state index in [-0.39, 0.29) is 13.4 Å². The van der Waals surface area contributed by atoms with Crippen LogP contribution in [0.1, 0.15) is 0 Å². The first kappa shape index (κ1) is 52.0. The van der Waals surface area contributed by atoms with Crippen molar-refractivity contribution in [3.8, 4) is 16.8 Å². The predicted octanol–water partition coefficient (Wildman–Crippen LogP) is 18.1. The molecular formula is C84H56B2N6. The molecule has 0 fully saturated rings. The molecule has 6 nitrogen and oxygen atoms in total. The smallest absolute Gasteiger partial charge is 0.252 e. The van der Waals surface area contributed by atoms with Crippen LogP contribution in [-0.2, 0) is 0 Å². The van der Waals surface area contributed by atoms with Gasteiger partial charge in [-0.05, 0) is 160 Å². The fourth-order valence-corrected chi connectivity index (χ4v) is 15.8. The number of hydrogen-bond acceptors (Lipinski definition) is 5. The third-order valence-electron chi connectivity index (χ3n) is 19.4. The van der Waals surface area contributed by atoms with Crippen molar-refractivity contribution < 1.29 is 0 Å². The van der Waals surface area contributed by atoms with Gasteiger partial charge in [-0.1, -0.05) is 218 Å². The van der Waals surface area contributed by atoms with Crippen molar-refractivity contribution in [2.24, 2.45) is 0 Å². The largest absolute Gasteiger partial charge is 0.311 e. The number of anilines is 15. The molecule has 14 aromatic carbocycles. The number of aromatic nitrogens is 1. The second-order valence-electron chi connectivity index (χ2n) is 24.4. The molecule has 92 heavy (non-hydrogen) atoms. The van der Waals surface area contributed by atoms with E-state index < -0.39 is 0 Å². The normalized spacial score (nSPS) is 13.1. The number of fused-ring (bicyclic) bond motifs is 11. The molecule has 0 saturated carbocycles. The fourth-order valence-electron chi connectivity index (χ4n) is 15.8. The zero-order valence-electron chi connectivity index (χ0n) is 50.2. The lowest BCUT2D eigenvalue weighted by atomic mass is 9.30. The molecule has 5 heterocycles. The summed E-state index contributed by atoms with van der Waals surface area (Å²) in [6.07, 6.45) is 0. The van der Waals surface area contributed by atoms with Crippen molar-refractivity contribution in [3.05, 3.63) is 340 Å². The fraction of sp³-hybridized carbons (Fsp3) is 0. The zero-order valence-corrected chi connectivity index (χ0v) is 50.2. The van der Waals surface area contributed by atoms with Crippen LogP contribution in [0.15, 0.2) is 340 Å². The molecule has 0 N–H and O–H groups in total. The minimum Gasteiger partial charge on any atom is -0.311 e. The summed E-state index contributed by atoms with van der Waals surface area (Å²) in [5.41, 5.74) is 29.9. The quantitative estimate of drug-likeness (QED) is 0.134. The number of nitrogens with zero attached hydrogens (tertiary/aromatic N) is 6. The SMILES string of the molecule is c1ccc(-c2ccccc2N2c3cc4c(cc3B3c5ccccc5N(c5ccccc5)c5cc(N(c6ccccc6)c6ccccc6)cc2c53)B2c3ccccc3N(c3ccccc3)c3cc(-n5c6ccccc6c6ccccc65)cc(c32)N4c2ccccc2)cc1. The first-order valence-electron chi connectivity index (χ1n) is 31.8. The Labute approximate surface area is 535 Å². The van der Waals surface area contributed by atoms with Gasteiger partial charge in [0.05, 0.1) is 28.1 Å². The summed E-state index contributed by atoms with van der Waals surface area (Å²) in [5.74, 6) is 0. The summed E-state index contributed by atoms with van der Waals surface area (Å²) in [7, 11) is 0. The molecule has 0 bridgehead atoms. The third kappa shape index (κ3) is 7.83. The highest BCUT2D eigenvalue weighted by molar-refractivity contribution is 7.03. The van der Waals surface area contributed by atoms with E-state index in [2.05, 4.69) is 369 Å². The first-order valence-corrected chi connectivity index (χ1v) is 31.8. The molecule has 19 rings (SSSR count). The summed E-state index contributed by atoms with van der Waals surface area (Å²) in [5, 5.41) is 2.45. The Hall–Kier alpha value is -12.0. The lowest BCUT2D eigenvalue weighted by Crippen LogP contribution is -2.65. The van der Waals surface area contributed by atoms with Gasteiger partial charge in [0.15, 0.2) is 0 Å². The monoisotopic (exact) mass is 1170 g/mol. The summed E-state index contributed by atoms with van der Waals surface area (Å²) in [6.45, 7) is -0.349. The molecule has 0 radical (unpaired) electrons. The predicted molar refractivity (Wildman–Crippen MR) is 389 cm³/mol. The molecule has 8 heteroatoms. The molecule has 1 aromatic heterocycles. The van der Waals surface area contributed by atoms with Crippen LogP contribution in [0, 0.1) is 0 Å². The van der Waals surface area contributed by atoms with E-state index in [1.807, 2.05) is 0 Å². The Balaban J connectivity index is 0.961. The van der Waals surface area contributed by atoms with Crippen molar-refractivity contribution in [2.75, 3.05) is 24.5 Å². The van der Waals surface area contributed by atoms with Gasteiger partial charge in [0.2, 0.25) is 0 Å². The number of benzene rings is 14. The number of para-hydroxylation sites is 10. The van der Waals surface area contributed by atoms with Crippen molar-refractivity contribution in [1.82, 2.24) is 4.57 Å². The van der Waals surface area contributed by atoms with E-state index in [0.717, 1.165) is 96.4 Å². The molecule has 0 amide bonds. The number of rotatable bonds is 9. The van der Waals surface area contributed by atoms with Gasteiger partial charge in [-0.3, -0.25) is 0 Å². The van der Waals surface area contributed by atoms with Crippen LogP contribution in [0.2, 0.25) is 0 Å². The summed E-state index contributed by atoms with van der Waals surface area (Å²) >= 11 is 0. The van der Waals surface area contributed by atoms with E-state index >= 15 is 0 Å². The summed E-state index contributed by atoms with van der Waals surface area (Å²) < 4.78 is 2.49. The Bertz CT molecular complexity index is 5300. The standard InChI is InChI=1S/C84H56B2N6/c1-7-29-57(30-8-1)65-41-19-24-46-72(65)92-78-56-77-70(55-71(78)86-69-45-23-28-50-76(69)88(60-35-13-4-14-36-60)79-51-63(52-82(92)84(79)86)87(58-31-9-2-10-32-58)59-33-11-3-12-34-59)85-68-44-22-27-49-75(68)89(61-37-15-5-16-38-61)80-53-64(54-81(83(80)85)90(77)62-39-17-6-18-40-62)91-73-47-25-20-42-66(73)67-43-21-26-48-74(67)91/h1-56H. The van der Waals surface area contributed by atoms with Gasteiger partial charge in [0.1, 0.15) is 0 Å². The van der Waals surface area contributed by atoms with Crippen molar-refractivity contribution in [3.63, 3.8) is 0 Å².